The van der Waals surface area contributed by atoms with Crippen LogP contribution >= 0.6 is 11.6 Å². The molecule has 1 unspecified atom stereocenters. The minimum absolute atomic E-state index is 0.0366. The fourth-order valence-electron chi connectivity index (χ4n) is 2.19. The number of rotatable bonds is 5. The van der Waals surface area contributed by atoms with Crippen LogP contribution in [0.2, 0.25) is 0 Å². The SMILES string of the molecule is Fc1cccc(CC(CCl)Cc2c(F)cccc2F)c1. The van der Waals surface area contributed by atoms with Gasteiger partial charge in [0.05, 0.1) is 0 Å². The lowest BCUT2D eigenvalue weighted by Crippen LogP contribution is -2.12. The molecule has 0 aliphatic carbocycles. The third kappa shape index (κ3) is 3.76. The van der Waals surface area contributed by atoms with Gasteiger partial charge in [0.25, 0.3) is 0 Å². The Kier molecular flexibility index (Phi) is 5.07. The Morgan fingerprint density at radius 3 is 2.15 bits per heavy atom. The Morgan fingerprint density at radius 2 is 1.55 bits per heavy atom. The monoisotopic (exact) mass is 298 g/mol. The molecule has 0 aromatic heterocycles. The summed E-state index contributed by atoms with van der Waals surface area (Å²) in [6.45, 7) is 0. The Labute approximate surface area is 121 Å². The van der Waals surface area contributed by atoms with E-state index in [1.807, 2.05) is 0 Å². The summed E-state index contributed by atoms with van der Waals surface area (Å²) in [6.07, 6.45) is 0.674. The predicted molar refractivity (Wildman–Crippen MR) is 74.4 cm³/mol. The molecule has 20 heavy (non-hydrogen) atoms. The molecule has 0 aliphatic heterocycles. The highest BCUT2D eigenvalue weighted by Crippen LogP contribution is 2.21. The van der Waals surface area contributed by atoms with Crippen LogP contribution in [-0.2, 0) is 12.8 Å². The summed E-state index contributed by atoms with van der Waals surface area (Å²) in [7, 11) is 0. The first kappa shape index (κ1) is 14.9. The molecular formula is C16H14ClF3. The van der Waals surface area contributed by atoms with Crippen molar-refractivity contribution >= 4 is 11.6 Å². The molecule has 2 aromatic carbocycles. The number of alkyl halides is 1. The molecule has 0 nitrogen and oxygen atoms in total. The number of hydrogen-bond donors (Lipinski definition) is 0. The predicted octanol–water partition coefficient (Wildman–Crippen LogP) is 4.74. The second kappa shape index (κ2) is 6.80. The highest BCUT2D eigenvalue weighted by Gasteiger charge is 2.16. The number of hydrogen-bond acceptors (Lipinski definition) is 0. The first-order valence-corrected chi connectivity index (χ1v) is 6.87. The van der Waals surface area contributed by atoms with Crippen LogP contribution in [-0.4, -0.2) is 5.88 Å². The molecule has 0 aliphatic rings. The lowest BCUT2D eigenvalue weighted by atomic mass is 9.93. The van der Waals surface area contributed by atoms with E-state index in [9.17, 15) is 13.2 Å². The molecule has 0 N–H and O–H groups in total. The molecule has 0 heterocycles. The van der Waals surface area contributed by atoms with Gasteiger partial charge in [-0.1, -0.05) is 18.2 Å². The van der Waals surface area contributed by atoms with Crippen LogP contribution in [0.4, 0.5) is 13.2 Å². The molecule has 0 amide bonds. The van der Waals surface area contributed by atoms with Crippen molar-refractivity contribution in [3.63, 3.8) is 0 Å². The van der Waals surface area contributed by atoms with E-state index in [0.717, 1.165) is 5.56 Å². The van der Waals surface area contributed by atoms with E-state index in [1.165, 1.54) is 30.3 Å². The molecule has 0 radical (unpaired) electrons. The molecule has 106 valence electrons. The minimum Gasteiger partial charge on any atom is -0.207 e. The Bertz CT molecular complexity index is 563. The van der Waals surface area contributed by atoms with E-state index >= 15 is 0 Å². The van der Waals surface area contributed by atoms with Gasteiger partial charge in [0.1, 0.15) is 17.5 Å². The zero-order chi connectivity index (χ0) is 14.5. The maximum absolute atomic E-state index is 13.6. The second-order valence-corrected chi connectivity index (χ2v) is 5.07. The molecule has 0 saturated carbocycles. The fraction of sp³-hybridized carbons (Fsp3) is 0.250. The lowest BCUT2D eigenvalue weighted by molar-refractivity contribution is 0.507. The van der Waals surface area contributed by atoms with Crippen LogP contribution in [0, 0.1) is 23.4 Å². The van der Waals surface area contributed by atoms with E-state index in [-0.39, 0.29) is 29.6 Å². The van der Waals surface area contributed by atoms with Gasteiger partial charge in [-0.15, -0.1) is 11.6 Å². The number of halogens is 4. The normalized spacial score (nSPS) is 12.4. The van der Waals surface area contributed by atoms with Gasteiger partial charge in [-0.25, -0.2) is 13.2 Å². The fourth-order valence-corrected chi connectivity index (χ4v) is 2.41. The number of benzene rings is 2. The van der Waals surface area contributed by atoms with Gasteiger partial charge in [-0.2, -0.15) is 0 Å². The summed E-state index contributed by atoms with van der Waals surface area (Å²) in [5, 5.41) is 0. The summed E-state index contributed by atoms with van der Waals surface area (Å²) in [5.41, 5.74) is 0.807. The van der Waals surface area contributed by atoms with E-state index in [0.29, 0.717) is 6.42 Å². The van der Waals surface area contributed by atoms with Crippen molar-refractivity contribution in [3.05, 3.63) is 71.0 Å². The van der Waals surface area contributed by atoms with Gasteiger partial charge in [0.15, 0.2) is 0 Å². The molecule has 4 heteroatoms. The molecule has 0 bridgehead atoms. The van der Waals surface area contributed by atoms with Crippen molar-refractivity contribution in [3.8, 4) is 0 Å². The van der Waals surface area contributed by atoms with Crippen molar-refractivity contribution in [1.29, 1.82) is 0 Å². The highest BCUT2D eigenvalue weighted by molar-refractivity contribution is 6.18. The molecule has 0 saturated heterocycles. The molecule has 1 atom stereocenters. The molecular weight excluding hydrogens is 285 g/mol. The summed E-state index contributed by atoms with van der Waals surface area (Å²) < 4.78 is 40.3. The van der Waals surface area contributed by atoms with Crippen LogP contribution < -0.4 is 0 Å². The van der Waals surface area contributed by atoms with Crippen LogP contribution in [0.15, 0.2) is 42.5 Å². The van der Waals surface area contributed by atoms with Crippen molar-refractivity contribution in [2.45, 2.75) is 12.8 Å². The van der Waals surface area contributed by atoms with Crippen LogP contribution in [0.25, 0.3) is 0 Å². The van der Waals surface area contributed by atoms with Crippen molar-refractivity contribution < 1.29 is 13.2 Å². The summed E-state index contributed by atoms with van der Waals surface area (Å²) in [5.74, 6) is -1.36. The van der Waals surface area contributed by atoms with E-state index < -0.39 is 11.6 Å². The maximum atomic E-state index is 13.6. The van der Waals surface area contributed by atoms with Gasteiger partial charge < -0.3 is 0 Å². The van der Waals surface area contributed by atoms with E-state index in [4.69, 9.17) is 11.6 Å². The standard InChI is InChI=1S/C16H14ClF3/c17-10-12(7-11-3-1-4-13(18)8-11)9-14-15(19)5-2-6-16(14)20/h1-6,8,12H,7,9-10H2. The van der Waals surface area contributed by atoms with E-state index in [1.54, 1.807) is 12.1 Å². The molecule has 0 spiro atoms. The Balaban J connectivity index is 2.13. The second-order valence-electron chi connectivity index (χ2n) is 4.76. The Hall–Kier alpha value is -1.48. The van der Waals surface area contributed by atoms with Crippen molar-refractivity contribution in [1.82, 2.24) is 0 Å². The largest absolute Gasteiger partial charge is 0.207 e. The third-order valence-corrected chi connectivity index (χ3v) is 3.62. The third-order valence-electron chi connectivity index (χ3n) is 3.19. The van der Waals surface area contributed by atoms with Crippen LogP contribution in [0.5, 0.6) is 0 Å². The van der Waals surface area contributed by atoms with Gasteiger partial charge in [-0.3, -0.25) is 0 Å². The minimum atomic E-state index is -0.570. The van der Waals surface area contributed by atoms with Crippen LogP contribution in [0.3, 0.4) is 0 Å². The van der Waals surface area contributed by atoms with Gasteiger partial charge >= 0.3 is 0 Å². The highest BCUT2D eigenvalue weighted by atomic mass is 35.5. The smallest absolute Gasteiger partial charge is 0.129 e. The van der Waals surface area contributed by atoms with Crippen molar-refractivity contribution in [2.24, 2.45) is 5.92 Å². The zero-order valence-corrected chi connectivity index (χ0v) is 11.5. The van der Waals surface area contributed by atoms with Gasteiger partial charge in [-0.05, 0) is 48.6 Å². The zero-order valence-electron chi connectivity index (χ0n) is 10.8. The average molecular weight is 299 g/mol. The molecule has 2 aromatic rings. The lowest BCUT2D eigenvalue weighted by Gasteiger charge is -2.15. The van der Waals surface area contributed by atoms with Gasteiger partial charge in [0, 0.05) is 11.4 Å². The quantitative estimate of drug-likeness (QED) is 0.699. The topological polar surface area (TPSA) is 0 Å². The molecule has 0 fully saturated rings. The van der Waals surface area contributed by atoms with Gasteiger partial charge in [0.2, 0.25) is 0 Å². The maximum Gasteiger partial charge on any atom is 0.129 e. The summed E-state index contributed by atoms with van der Waals surface area (Å²) >= 11 is 5.87. The first-order valence-electron chi connectivity index (χ1n) is 6.33. The Morgan fingerprint density at radius 1 is 0.900 bits per heavy atom. The molecule has 2 rings (SSSR count). The van der Waals surface area contributed by atoms with Crippen molar-refractivity contribution in [2.75, 3.05) is 5.88 Å². The summed E-state index contributed by atoms with van der Waals surface area (Å²) in [4.78, 5) is 0. The average Bonchev–Trinajstić information content (AvgIpc) is 2.42. The summed E-state index contributed by atoms with van der Waals surface area (Å²) in [6, 6.07) is 9.95. The van der Waals surface area contributed by atoms with E-state index in [2.05, 4.69) is 0 Å². The first-order chi connectivity index (χ1) is 9.60. The van der Waals surface area contributed by atoms with Crippen LogP contribution in [0.1, 0.15) is 11.1 Å².